The van der Waals surface area contributed by atoms with Crippen LogP contribution in [0.15, 0.2) is 78.9 Å². The fourth-order valence-corrected chi connectivity index (χ4v) is 3.89. The first kappa shape index (κ1) is 23.2. The number of halogens is 1. The zero-order valence-electron chi connectivity index (χ0n) is 19.5. The van der Waals surface area contributed by atoms with Gasteiger partial charge in [-0.15, -0.1) is 0 Å². The molecule has 5 nitrogen and oxygen atoms in total. The third-order valence-electron chi connectivity index (χ3n) is 5.70. The zero-order chi connectivity index (χ0) is 24.1. The van der Waals surface area contributed by atoms with Gasteiger partial charge in [0, 0.05) is 11.5 Å². The lowest BCUT2D eigenvalue weighted by Crippen LogP contribution is -2.12. The maximum absolute atomic E-state index is 13.6. The molecule has 0 fully saturated rings. The SMILES string of the molecule is CCOC(=O)CC(c1ccc(F)cc1)c1cc(-c2ccc(C)cc2)n(-c2ccc(OC)cc2)n1. The number of methoxy groups -OCH3 is 1. The Kier molecular flexibility index (Phi) is 7.07. The van der Waals surface area contributed by atoms with E-state index in [-0.39, 0.29) is 24.1 Å². The third-order valence-corrected chi connectivity index (χ3v) is 5.70. The second-order valence-corrected chi connectivity index (χ2v) is 8.04. The topological polar surface area (TPSA) is 53.4 Å². The number of hydrogen-bond donors (Lipinski definition) is 0. The average Bonchev–Trinajstić information content (AvgIpc) is 3.29. The van der Waals surface area contributed by atoms with E-state index in [1.54, 1.807) is 26.2 Å². The van der Waals surface area contributed by atoms with Gasteiger partial charge in [0.2, 0.25) is 0 Å². The minimum atomic E-state index is -0.386. The van der Waals surface area contributed by atoms with Crippen molar-refractivity contribution in [3.05, 3.63) is 102 Å². The Hall–Kier alpha value is -3.93. The van der Waals surface area contributed by atoms with Crippen LogP contribution in [0.3, 0.4) is 0 Å². The Morgan fingerprint density at radius 3 is 2.29 bits per heavy atom. The Balaban J connectivity index is 1.84. The van der Waals surface area contributed by atoms with Crippen LogP contribution in [0.4, 0.5) is 4.39 Å². The first-order valence-electron chi connectivity index (χ1n) is 11.2. The summed E-state index contributed by atoms with van der Waals surface area (Å²) in [6.45, 7) is 4.11. The van der Waals surface area contributed by atoms with Crippen molar-refractivity contribution in [3.63, 3.8) is 0 Å². The normalized spacial score (nSPS) is 11.8. The number of carbonyl (C=O) groups excluding carboxylic acids is 1. The fourth-order valence-electron chi connectivity index (χ4n) is 3.89. The van der Waals surface area contributed by atoms with Gasteiger partial charge in [-0.05, 0) is 61.9 Å². The van der Waals surface area contributed by atoms with Gasteiger partial charge in [0.25, 0.3) is 0 Å². The molecule has 0 aliphatic heterocycles. The van der Waals surface area contributed by atoms with Crippen LogP contribution >= 0.6 is 0 Å². The standard InChI is InChI=1S/C28H27FN2O3/c1-4-34-28(32)17-25(20-9-11-22(29)12-10-20)26-18-27(21-7-5-19(2)6-8-21)31(30-26)23-13-15-24(33-3)16-14-23/h5-16,18,25H,4,17H2,1-3H3. The molecule has 0 saturated carbocycles. The van der Waals surface area contributed by atoms with E-state index in [1.165, 1.54) is 12.1 Å². The van der Waals surface area contributed by atoms with E-state index in [4.69, 9.17) is 14.6 Å². The van der Waals surface area contributed by atoms with Gasteiger partial charge in [-0.1, -0.05) is 42.0 Å². The number of aryl methyl sites for hydroxylation is 1. The molecule has 0 aliphatic rings. The molecule has 4 aromatic rings. The molecule has 0 spiro atoms. The van der Waals surface area contributed by atoms with Gasteiger partial charge in [-0.2, -0.15) is 5.10 Å². The predicted molar refractivity (Wildman–Crippen MR) is 130 cm³/mol. The number of ether oxygens (including phenoxy) is 2. The highest BCUT2D eigenvalue weighted by Crippen LogP contribution is 2.33. The van der Waals surface area contributed by atoms with Crippen molar-refractivity contribution >= 4 is 5.97 Å². The summed E-state index contributed by atoms with van der Waals surface area (Å²) >= 11 is 0. The van der Waals surface area contributed by atoms with Crippen molar-refractivity contribution in [2.24, 2.45) is 0 Å². The molecule has 1 heterocycles. The highest BCUT2D eigenvalue weighted by molar-refractivity contribution is 5.72. The summed E-state index contributed by atoms with van der Waals surface area (Å²) < 4.78 is 26.0. The van der Waals surface area contributed by atoms with Gasteiger partial charge >= 0.3 is 5.97 Å². The molecule has 34 heavy (non-hydrogen) atoms. The lowest BCUT2D eigenvalue weighted by Gasteiger charge is -2.14. The minimum absolute atomic E-state index is 0.104. The maximum atomic E-state index is 13.6. The summed E-state index contributed by atoms with van der Waals surface area (Å²) in [5, 5.41) is 4.92. The number of benzene rings is 3. The van der Waals surface area contributed by atoms with E-state index in [0.717, 1.165) is 33.8 Å². The summed E-state index contributed by atoms with van der Waals surface area (Å²) in [6, 6.07) is 24.0. The van der Waals surface area contributed by atoms with E-state index in [2.05, 4.69) is 12.1 Å². The van der Waals surface area contributed by atoms with Gasteiger partial charge in [0.05, 0.1) is 37.2 Å². The molecule has 6 heteroatoms. The van der Waals surface area contributed by atoms with Crippen molar-refractivity contribution in [1.29, 1.82) is 0 Å². The van der Waals surface area contributed by atoms with Crippen molar-refractivity contribution in [2.75, 3.05) is 13.7 Å². The number of nitrogens with zero attached hydrogens (tertiary/aromatic N) is 2. The van der Waals surface area contributed by atoms with Crippen molar-refractivity contribution in [3.8, 4) is 22.7 Å². The van der Waals surface area contributed by atoms with Crippen LogP contribution in [0.2, 0.25) is 0 Å². The molecular formula is C28H27FN2O3. The van der Waals surface area contributed by atoms with Crippen LogP contribution in [0.5, 0.6) is 5.75 Å². The first-order chi connectivity index (χ1) is 16.5. The van der Waals surface area contributed by atoms with Crippen LogP contribution in [0.1, 0.15) is 36.1 Å². The van der Waals surface area contributed by atoms with E-state index in [1.807, 2.05) is 54.1 Å². The molecule has 0 radical (unpaired) electrons. The smallest absolute Gasteiger partial charge is 0.306 e. The van der Waals surface area contributed by atoms with Crippen molar-refractivity contribution < 1.29 is 18.7 Å². The second-order valence-electron chi connectivity index (χ2n) is 8.04. The average molecular weight is 459 g/mol. The Morgan fingerprint density at radius 1 is 1.00 bits per heavy atom. The van der Waals surface area contributed by atoms with Gasteiger partial charge in [-0.25, -0.2) is 9.07 Å². The molecule has 4 rings (SSSR count). The number of rotatable bonds is 8. The monoisotopic (exact) mass is 458 g/mol. The Labute approximate surface area is 198 Å². The lowest BCUT2D eigenvalue weighted by molar-refractivity contribution is -0.143. The van der Waals surface area contributed by atoms with Crippen molar-refractivity contribution in [1.82, 2.24) is 9.78 Å². The summed E-state index contributed by atoms with van der Waals surface area (Å²) in [5.74, 6) is -0.293. The van der Waals surface area contributed by atoms with E-state index < -0.39 is 0 Å². The molecule has 1 aromatic heterocycles. The molecule has 0 N–H and O–H groups in total. The summed E-state index contributed by atoms with van der Waals surface area (Å²) in [6.07, 6.45) is 0.104. The molecule has 1 unspecified atom stereocenters. The molecule has 0 saturated heterocycles. The molecule has 0 aliphatic carbocycles. The van der Waals surface area contributed by atoms with Crippen molar-refractivity contribution in [2.45, 2.75) is 26.2 Å². The van der Waals surface area contributed by atoms with E-state index in [0.29, 0.717) is 12.3 Å². The Bertz CT molecular complexity index is 1250. The third kappa shape index (κ3) is 5.17. The van der Waals surface area contributed by atoms with Gasteiger partial charge in [0.1, 0.15) is 11.6 Å². The number of aromatic nitrogens is 2. The molecular weight excluding hydrogens is 431 g/mol. The predicted octanol–water partition coefficient (Wildman–Crippen LogP) is 6.08. The highest BCUT2D eigenvalue weighted by atomic mass is 19.1. The minimum Gasteiger partial charge on any atom is -0.497 e. The lowest BCUT2D eigenvalue weighted by atomic mass is 9.92. The van der Waals surface area contributed by atoms with E-state index >= 15 is 0 Å². The van der Waals surface area contributed by atoms with Crippen LogP contribution in [-0.2, 0) is 9.53 Å². The zero-order valence-corrected chi connectivity index (χ0v) is 19.5. The quantitative estimate of drug-likeness (QED) is 0.300. The molecule has 0 bridgehead atoms. The molecule has 1 atom stereocenters. The second kappa shape index (κ2) is 10.3. The molecule has 174 valence electrons. The maximum Gasteiger partial charge on any atom is 0.306 e. The summed E-state index contributed by atoms with van der Waals surface area (Å²) in [7, 11) is 1.63. The van der Waals surface area contributed by atoms with Crippen LogP contribution < -0.4 is 4.74 Å². The largest absolute Gasteiger partial charge is 0.497 e. The Morgan fingerprint density at radius 2 is 1.68 bits per heavy atom. The van der Waals surface area contributed by atoms with Gasteiger partial charge < -0.3 is 9.47 Å². The number of carbonyl (C=O) groups is 1. The van der Waals surface area contributed by atoms with Gasteiger partial charge in [0.15, 0.2) is 0 Å². The van der Waals surface area contributed by atoms with Crippen LogP contribution in [-0.4, -0.2) is 29.5 Å². The van der Waals surface area contributed by atoms with Crippen LogP contribution in [0, 0.1) is 12.7 Å². The summed E-state index contributed by atoms with van der Waals surface area (Å²) in [5.41, 5.74) is 5.39. The first-order valence-corrected chi connectivity index (χ1v) is 11.2. The van der Waals surface area contributed by atoms with Gasteiger partial charge in [-0.3, -0.25) is 4.79 Å². The van der Waals surface area contributed by atoms with E-state index in [9.17, 15) is 9.18 Å². The summed E-state index contributed by atoms with van der Waals surface area (Å²) in [4.78, 5) is 12.5. The number of esters is 1. The fraction of sp³-hybridized carbons (Fsp3) is 0.214. The molecule has 3 aromatic carbocycles. The highest BCUT2D eigenvalue weighted by Gasteiger charge is 2.24. The number of hydrogen-bond acceptors (Lipinski definition) is 4. The molecule has 0 amide bonds. The van der Waals surface area contributed by atoms with Crippen LogP contribution in [0.25, 0.3) is 16.9 Å².